The lowest BCUT2D eigenvalue weighted by atomic mass is 9.80. The fourth-order valence-corrected chi connectivity index (χ4v) is 2.67. The summed E-state index contributed by atoms with van der Waals surface area (Å²) in [4.78, 5) is 0. The van der Waals surface area contributed by atoms with Crippen molar-refractivity contribution < 1.29 is 9.84 Å². The van der Waals surface area contributed by atoms with Crippen molar-refractivity contribution in [1.82, 2.24) is 0 Å². The van der Waals surface area contributed by atoms with Crippen LogP contribution in [-0.4, -0.2) is 18.8 Å². The van der Waals surface area contributed by atoms with E-state index in [1.54, 1.807) is 7.11 Å². The summed E-state index contributed by atoms with van der Waals surface area (Å²) in [5.41, 5.74) is 3.23. The van der Waals surface area contributed by atoms with E-state index in [1.807, 2.05) is 26.8 Å². The molecule has 0 spiro atoms. The van der Waals surface area contributed by atoms with Crippen molar-refractivity contribution in [3.8, 4) is 5.75 Å². The van der Waals surface area contributed by atoms with E-state index in [0.29, 0.717) is 0 Å². The maximum absolute atomic E-state index is 9.47. The highest BCUT2D eigenvalue weighted by Crippen LogP contribution is 2.38. The molecule has 0 aliphatic carbocycles. The van der Waals surface area contributed by atoms with Crippen molar-refractivity contribution in [1.29, 1.82) is 0 Å². The molecule has 0 heterocycles. The third kappa shape index (κ3) is 2.25. The Bertz CT molecular complexity index is 397. The monoisotopic (exact) mass is 286 g/mol. The zero-order valence-corrected chi connectivity index (χ0v) is 12.1. The molecule has 0 saturated carbocycles. The molecule has 1 aromatic carbocycles. The van der Waals surface area contributed by atoms with Crippen LogP contribution >= 0.6 is 15.9 Å². The molecule has 16 heavy (non-hydrogen) atoms. The number of halogens is 1. The highest BCUT2D eigenvalue weighted by molar-refractivity contribution is 9.10. The Morgan fingerprint density at radius 3 is 2.38 bits per heavy atom. The summed E-state index contributed by atoms with van der Waals surface area (Å²) in [5.74, 6) is 0.840. The summed E-state index contributed by atoms with van der Waals surface area (Å²) < 4.78 is 6.27. The van der Waals surface area contributed by atoms with Gasteiger partial charge in [0.15, 0.2) is 0 Å². The van der Waals surface area contributed by atoms with E-state index < -0.39 is 0 Å². The quantitative estimate of drug-likeness (QED) is 0.924. The van der Waals surface area contributed by atoms with Crippen LogP contribution in [0.4, 0.5) is 0 Å². The van der Waals surface area contributed by atoms with Gasteiger partial charge in [0, 0.05) is 5.41 Å². The van der Waals surface area contributed by atoms with E-state index in [9.17, 15) is 5.11 Å². The number of hydrogen-bond acceptors (Lipinski definition) is 2. The van der Waals surface area contributed by atoms with Crippen LogP contribution in [-0.2, 0) is 5.41 Å². The molecule has 0 atom stereocenters. The molecule has 0 fully saturated rings. The first-order valence-corrected chi connectivity index (χ1v) is 6.09. The average Bonchev–Trinajstić information content (AvgIpc) is 2.23. The van der Waals surface area contributed by atoms with Gasteiger partial charge in [0.25, 0.3) is 0 Å². The number of aliphatic hydroxyl groups is 1. The second-order valence-electron chi connectivity index (χ2n) is 4.75. The van der Waals surface area contributed by atoms with Gasteiger partial charge in [-0.25, -0.2) is 0 Å². The molecule has 1 N–H and O–H groups in total. The van der Waals surface area contributed by atoms with E-state index in [-0.39, 0.29) is 12.0 Å². The summed E-state index contributed by atoms with van der Waals surface area (Å²) in [6.07, 6.45) is 0. The van der Waals surface area contributed by atoms with Gasteiger partial charge in [-0.1, -0.05) is 13.8 Å². The molecule has 2 nitrogen and oxygen atoms in total. The van der Waals surface area contributed by atoms with Crippen molar-refractivity contribution in [3.63, 3.8) is 0 Å². The number of methoxy groups -OCH3 is 1. The van der Waals surface area contributed by atoms with E-state index in [2.05, 4.69) is 22.9 Å². The fourth-order valence-electron chi connectivity index (χ4n) is 2.19. The molecule has 1 aromatic rings. The Morgan fingerprint density at radius 1 is 1.38 bits per heavy atom. The van der Waals surface area contributed by atoms with Crippen LogP contribution in [0.2, 0.25) is 0 Å². The van der Waals surface area contributed by atoms with Gasteiger partial charge in [-0.05, 0) is 52.5 Å². The second-order valence-corrected chi connectivity index (χ2v) is 5.54. The normalized spacial score (nSPS) is 11.7. The zero-order chi connectivity index (χ0) is 12.5. The first kappa shape index (κ1) is 13.5. The van der Waals surface area contributed by atoms with Gasteiger partial charge in [0.1, 0.15) is 5.75 Å². The summed E-state index contributed by atoms with van der Waals surface area (Å²) in [6, 6.07) is 2.00. The van der Waals surface area contributed by atoms with E-state index in [4.69, 9.17) is 4.74 Å². The Balaban J connectivity index is 3.48. The number of ether oxygens (including phenoxy) is 1. The van der Waals surface area contributed by atoms with Gasteiger partial charge in [-0.15, -0.1) is 0 Å². The maximum Gasteiger partial charge on any atom is 0.133 e. The predicted molar refractivity (Wildman–Crippen MR) is 70.3 cm³/mol. The van der Waals surface area contributed by atoms with Crippen LogP contribution in [0.5, 0.6) is 5.75 Å². The first-order chi connectivity index (χ1) is 7.35. The average molecular weight is 287 g/mol. The lowest BCUT2D eigenvalue weighted by Crippen LogP contribution is -2.24. The van der Waals surface area contributed by atoms with Crippen molar-refractivity contribution in [3.05, 3.63) is 27.2 Å². The third-order valence-corrected chi connectivity index (χ3v) is 3.94. The van der Waals surface area contributed by atoms with Crippen LogP contribution in [0.25, 0.3) is 0 Å². The summed E-state index contributed by atoms with van der Waals surface area (Å²) >= 11 is 3.54. The molecule has 0 amide bonds. The number of benzene rings is 1. The van der Waals surface area contributed by atoms with Gasteiger partial charge in [-0.2, -0.15) is 0 Å². The molecule has 3 heteroatoms. The first-order valence-electron chi connectivity index (χ1n) is 5.30. The molecule has 0 aromatic heterocycles. The van der Waals surface area contributed by atoms with E-state index >= 15 is 0 Å². The minimum Gasteiger partial charge on any atom is -0.496 e. The molecule has 1 rings (SSSR count). The number of rotatable bonds is 3. The fraction of sp³-hybridized carbons (Fsp3) is 0.538. The minimum absolute atomic E-state index is 0.132. The van der Waals surface area contributed by atoms with Gasteiger partial charge in [0.2, 0.25) is 0 Å². The Morgan fingerprint density at radius 2 is 1.94 bits per heavy atom. The van der Waals surface area contributed by atoms with Crippen molar-refractivity contribution in [2.45, 2.75) is 33.1 Å². The zero-order valence-electron chi connectivity index (χ0n) is 10.5. The second kappa shape index (κ2) is 4.76. The third-order valence-electron chi connectivity index (χ3n) is 2.95. The Kier molecular flexibility index (Phi) is 4.02. The Labute approximate surface area is 106 Å². The molecular weight excluding hydrogens is 268 g/mol. The van der Waals surface area contributed by atoms with Gasteiger partial charge < -0.3 is 9.84 Å². The molecule has 0 saturated heterocycles. The highest BCUT2D eigenvalue weighted by atomic mass is 79.9. The van der Waals surface area contributed by atoms with Crippen molar-refractivity contribution in [2.24, 2.45) is 0 Å². The highest BCUT2D eigenvalue weighted by Gasteiger charge is 2.25. The standard InChI is InChI=1S/C13H19BrO2/c1-8-6-10(16-5)12(14)9(2)11(8)13(3,4)7-15/h6,15H,7H2,1-5H3. The molecule has 0 radical (unpaired) electrons. The lowest BCUT2D eigenvalue weighted by molar-refractivity contribution is 0.217. The summed E-state index contributed by atoms with van der Waals surface area (Å²) in [6.45, 7) is 8.32. The minimum atomic E-state index is -0.233. The molecule has 0 bridgehead atoms. The van der Waals surface area contributed by atoms with Crippen LogP contribution in [0, 0.1) is 13.8 Å². The molecule has 0 aliphatic rings. The number of hydrogen-bond donors (Lipinski definition) is 1. The van der Waals surface area contributed by atoms with Gasteiger partial charge in [-0.3, -0.25) is 0 Å². The largest absolute Gasteiger partial charge is 0.496 e. The van der Waals surface area contributed by atoms with Crippen LogP contribution in [0.15, 0.2) is 10.5 Å². The van der Waals surface area contributed by atoms with Gasteiger partial charge >= 0.3 is 0 Å². The van der Waals surface area contributed by atoms with E-state index in [1.165, 1.54) is 5.56 Å². The van der Waals surface area contributed by atoms with Gasteiger partial charge in [0.05, 0.1) is 18.2 Å². The van der Waals surface area contributed by atoms with Crippen LogP contribution in [0.1, 0.15) is 30.5 Å². The summed E-state index contributed by atoms with van der Waals surface area (Å²) in [5, 5.41) is 9.47. The smallest absolute Gasteiger partial charge is 0.133 e. The predicted octanol–water partition coefficient (Wildman–Crippen LogP) is 3.34. The van der Waals surface area contributed by atoms with E-state index in [0.717, 1.165) is 21.3 Å². The topological polar surface area (TPSA) is 29.5 Å². The molecule has 90 valence electrons. The molecular formula is C13H19BrO2. The SMILES string of the molecule is COc1cc(C)c(C(C)(C)CO)c(C)c1Br. The summed E-state index contributed by atoms with van der Waals surface area (Å²) in [7, 11) is 1.66. The van der Waals surface area contributed by atoms with Crippen LogP contribution in [0.3, 0.4) is 0 Å². The number of aliphatic hydroxyl groups excluding tert-OH is 1. The Hall–Kier alpha value is -0.540. The molecule has 0 aliphatic heterocycles. The van der Waals surface area contributed by atoms with Crippen molar-refractivity contribution in [2.75, 3.05) is 13.7 Å². The maximum atomic E-state index is 9.47. The number of aryl methyl sites for hydroxylation is 1. The van der Waals surface area contributed by atoms with Crippen LogP contribution < -0.4 is 4.74 Å². The lowest BCUT2D eigenvalue weighted by Gasteiger charge is -2.28. The van der Waals surface area contributed by atoms with Crippen molar-refractivity contribution >= 4 is 15.9 Å². The molecule has 0 unspecified atom stereocenters.